The Labute approximate surface area is 123 Å². The van der Waals surface area contributed by atoms with Crippen LogP contribution in [0.5, 0.6) is 5.75 Å². The van der Waals surface area contributed by atoms with Gasteiger partial charge in [0.15, 0.2) is 11.6 Å². The van der Waals surface area contributed by atoms with Crippen molar-refractivity contribution in [1.29, 1.82) is 0 Å². The number of hydrogen-bond acceptors (Lipinski definition) is 3. The van der Waals surface area contributed by atoms with E-state index in [1.807, 2.05) is 13.8 Å². The zero-order valence-corrected chi connectivity index (χ0v) is 13.2. The molecule has 0 bridgehead atoms. The lowest BCUT2D eigenvalue weighted by Gasteiger charge is -2.08. The van der Waals surface area contributed by atoms with Crippen LogP contribution in [0.1, 0.15) is 30.7 Å². The number of benzene rings is 1. The minimum absolute atomic E-state index is 0.297. The third kappa shape index (κ3) is 3.37. The van der Waals surface area contributed by atoms with Gasteiger partial charge < -0.3 is 4.74 Å². The molecule has 0 aliphatic heterocycles. The molecule has 0 saturated heterocycles. The molecule has 1 aromatic carbocycles. The van der Waals surface area contributed by atoms with Crippen molar-refractivity contribution in [1.82, 2.24) is 4.98 Å². The molecule has 1 aromatic heterocycles. The lowest BCUT2D eigenvalue weighted by Crippen LogP contribution is -1.97. The third-order valence-electron chi connectivity index (χ3n) is 2.90. The first-order chi connectivity index (χ1) is 9.51. The Morgan fingerprint density at radius 1 is 1.35 bits per heavy atom. The van der Waals surface area contributed by atoms with Crippen molar-refractivity contribution in [2.24, 2.45) is 5.92 Å². The molecular formula is C16H20FNOS. The maximum absolute atomic E-state index is 13.6. The van der Waals surface area contributed by atoms with Crippen LogP contribution in [0.25, 0.3) is 11.3 Å². The summed E-state index contributed by atoms with van der Waals surface area (Å²) in [5, 5.41) is 1.04. The van der Waals surface area contributed by atoms with Gasteiger partial charge in [0.1, 0.15) is 0 Å². The molecule has 4 heteroatoms. The van der Waals surface area contributed by atoms with Crippen molar-refractivity contribution in [2.45, 2.75) is 34.1 Å². The summed E-state index contributed by atoms with van der Waals surface area (Å²) >= 11 is 1.72. The van der Waals surface area contributed by atoms with E-state index in [-0.39, 0.29) is 5.82 Å². The van der Waals surface area contributed by atoms with E-state index in [2.05, 4.69) is 18.8 Å². The highest BCUT2D eigenvalue weighted by molar-refractivity contribution is 7.12. The first kappa shape index (κ1) is 15.0. The number of aryl methyl sites for hydroxylation is 1. The smallest absolute Gasteiger partial charge is 0.165 e. The minimum Gasteiger partial charge on any atom is -0.491 e. The summed E-state index contributed by atoms with van der Waals surface area (Å²) in [6, 6.07) is 4.97. The zero-order valence-electron chi connectivity index (χ0n) is 12.4. The maximum atomic E-state index is 13.6. The molecule has 0 aliphatic rings. The standard InChI is InChI=1S/C16H20FNOS/c1-5-19-14-9-12(6-7-13(14)17)16-15(8-10(2)3)20-11(4)18-16/h6-7,9-10H,5,8H2,1-4H3. The molecule has 0 unspecified atom stereocenters. The van der Waals surface area contributed by atoms with Gasteiger partial charge in [-0.1, -0.05) is 13.8 Å². The van der Waals surface area contributed by atoms with Crippen LogP contribution in [-0.4, -0.2) is 11.6 Å². The second kappa shape index (κ2) is 6.35. The van der Waals surface area contributed by atoms with E-state index in [0.29, 0.717) is 18.3 Å². The first-order valence-corrected chi connectivity index (χ1v) is 7.72. The molecule has 20 heavy (non-hydrogen) atoms. The van der Waals surface area contributed by atoms with Crippen LogP contribution in [0.15, 0.2) is 18.2 Å². The molecule has 2 aromatic rings. The number of thiazole rings is 1. The fourth-order valence-corrected chi connectivity index (χ4v) is 3.29. The van der Waals surface area contributed by atoms with E-state index in [1.54, 1.807) is 23.5 Å². The molecule has 0 atom stereocenters. The van der Waals surface area contributed by atoms with Crippen molar-refractivity contribution in [3.8, 4) is 17.0 Å². The van der Waals surface area contributed by atoms with E-state index in [4.69, 9.17) is 4.74 Å². The van der Waals surface area contributed by atoms with E-state index in [1.165, 1.54) is 10.9 Å². The van der Waals surface area contributed by atoms with Crippen molar-refractivity contribution < 1.29 is 9.13 Å². The highest BCUT2D eigenvalue weighted by Crippen LogP contribution is 2.32. The maximum Gasteiger partial charge on any atom is 0.165 e. The van der Waals surface area contributed by atoms with Crippen LogP contribution in [0.3, 0.4) is 0 Å². The molecule has 0 fully saturated rings. The van der Waals surface area contributed by atoms with Gasteiger partial charge in [-0.25, -0.2) is 9.37 Å². The molecule has 0 spiro atoms. The van der Waals surface area contributed by atoms with E-state index >= 15 is 0 Å². The average molecular weight is 293 g/mol. The Hall–Kier alpha value is -1.42. The minimum atomic E-state index is -0.326. The normalized spacial score (nSPS) is 11.1. The molecule has 0 radical (unpaired) electrons. The van der Waals surface area contributed by atoms with Crippen LogP contribution in [0.4, 0.5) is 4.39 Å². The predicted octanol–water partition coefficient (Wildman–Crippen LogP) is 4.85. The lowest BCUT2D eigenvalue weighted by molar-refractivity contribution is 0.322. The summed E-state index contributed by atoms with van der Waals surface area (Å²) in [7, 11) is 0. The SMILES string of the molecule is CCOc1cc(-c2nc(C)sc2CC(C)C)ccc1F. The van der Waals surface area contributed by atoms with Gasteiger partial charge in [-0.15, -0.1) is 11.3 Å². The fourth-order valence-electron chi connectivity index (χ4n) is 2.12. The summed E-state index contributed by atoms with van der Waals surface area (Å²) in [5.74, 6) is 0.541. The van der Waals surface area contributed by atoms with Crippen LogP contribution in [0.2, 0.25) is 0 Å². The number of hydrogen-bond donors (Lipinski definition) is 0. The third-order valence-corrected chi connectivity index (χ3v) is 3.90. The van der Waals surface area contributed by atoms with E-state index in [0.717, 1.165) is 22.7 Å². The number of aromatic nitrogens is 1. The van der Waals surface area contributed by atoms with Gasteiger partial charge >= 0.3 is 0 Å². The van der Waals surface area contributed by atoms with Crippen molar-refractivity contribution in [3.63, 3.8) is 0 Å². The van der Waals surface area contributed by atoms with E-state index in [9.17, 15) is 4.39 Å². The summed E-state index contributed by atoms with van der Waals surface area (Å²) in [6.07, 6.45) is 0.988. The van der Waals surface area contributed by atoms with Crippen molar-refractivity contribution in [2.75, 3.05) is 6.61 Å². The first-order valence-electron chi connectivity index (χ1n) is 6.90. The zero-order chi connectivity index (χ0) is 14.7. The summed E-state index contributed by atoms with van der Waals surface area (Å²) in [6.45, 7) is 8.69. The van der Waals surface area contributed by atoms with Crippen LogP contribution >= 0.6 is 11.3 Å². The average Bonchev–Trinajstić information content (AvgIpc) is 2.72. The van der Waals surface area contributed by atoms with Crippen molar-refractivity contribution >= 4 is 11.3 Å². The molecule has 108 valence electrons. The van der Waals surface area contributed by atoms with Gasteiger partial charge in [-0.05, 0) is 44.4 Å². The Morgan fingerprint density at radius 3 is 2.75 bits per heavy atom. The molecule has 2 rings (SSSR count). The van der Waals surface area contributed by atoms with E-state index < -0.39 is 0 Å². The monoisotopic (exact) mass is 293 g/mol. The lowest BCUT2D eigenvalue weighted by atomic mass is 10.0. The topological polar surface area (TPSA) is 22.1 Å². The van der Waals surface area contributed by atoms with Gasteiger partial charge in [-0.2, -0.15) is 0 Å². The van der Waals surface area contributed by atoms with Crippen LogP contribution in [-0.2, 0) is 6.42 Å². The summed E-state index contributed by atoms with van der Waals surface area (Å²) < 4.78 is 19.0. The predicted molar refractivity (Wildman–Crippen MR) is 82.0 cm³/mol. The molecule has 0 saturated carbocycles. The molecule has 0 N–H and O–H groups in total. The molecule has 0 aliphatic carbocycles. The van der Waals surface area contributed by atoms with Gasteiger partial charge in [0.2, 0.25) is 0 Å². The van der Waals surface area contributed by atoms with Gasteiger partial charge in [0.05, 0.1) is 17.3 Å². The number of ether oxygens (including phenoxy) is 1. The number of nitrogens with zero attached hydrogens (tertiary/aromatic N) is 1. The molecular weight excluding hydrogens is 273 g/mol. The molecule has 1 heterocycles. The van der Waals surface area contributed by atoms with Crippen LogP contribution < -0.4 is 4.74 Å². The van der Waals surface area contributed by atoms with Crippen molar-refractivity contribution in [3.05, 3.63) is 33.9 Å². The van der Waals surface area contributed by atoms with Gasteiger partial charge in [0.25, 0.3) is 0 Å². The second-order valence-electron chi connectivity index (χ2n) is 5.18. The fraction of sp³-hybridized carbons (Fsp3) is 0.438. The molecule has 0 amide bonds. The Balaban J connectivity index is 2.43. The quantitative estimate of drug-likeness (QED) is 0.785. The number of halogens is 1. The highest BCUT2D eigenvalue weighted by Gasteiger charge is 2.14. The Bertz CT molecular complexity index is 592. The van der Waals surface area contributed by atoms with Gasteiger partial charge in [-0.3, -0.25) is 0 Å². The summed E-state index contributed by atoms with van der Waals surface area (Å²) in [5.41, 5.74) is 1.89. The number of rotatable bonds is 5. The molecule has 2 nitrogen and oxygen atoms in total. The largest absolute Gasteiger partial charge is 0.491 e. The second-order valence-corrected chi connectivity index (χ2v) is 6.47. The Kier molecular flexibility index (Phi) is 4.76. The van der Waals surface area contributed by atoms with Gasteiger partial charge in [0, 0.05) is 10.4 Å². The van der Waals surface area contributed by atoms with Crippen LogP contribution in [0, 0.1) is 18.7 Å². The Morgan fingerprint density at radius 2 is 2.10 bits per heavy atom. The summed E-state index contributed by atoms with van der Waals surface area (Å²) in [4.78, 5) is 5.86. The highest BCUT2D eigenvalue weighted by atomic mass is 32.1.